The minimum atomic E-state index is 0.436. The van der Waals surface area contributed by atoms with Crippen LogP contribution in [0.5, 0.6) is 0 Å². The van der Waals surface area contributed by atoms with Crippen LogP contribution < -0.4 is 0 Å². The van der Waals surface area contributed by atoms with Crippen LogP contribution in [0.15, 0.2) is 16.7 Å². The molecule has 0 bridgehead atoms. The number of aromatic nitrogens is 1. The zero-order valence-electron chi connectivity index (χ0n) is 5.84. The van der Waals surface area contributed by atoms with E-state index in [9.17, 15) is 5.21 Å². The Balaban J connectivity index is 3.16. The maximum atomic E-state index is 9.79. The van der Waals surface area contributed by atoms with Crippen molar-refractivity contribution in [3.8, 4) is 6.07 Å². The predicted octanol–water partition coefficient (Wildman–Crippen LogP) is 2.33. The fourth-order valence-corrected chi connectivity index (χ4v) is 1.21. The molecule has 0 radical (unpaired) electrons. The van der Waals surface area contributed by atoms with Gasteiger partial charge in [-0.2, -0.15) is 0 Å². The van der Waals surface area contributed by atoms with E-state index in [2.05, 4.69) is 32.0 Å². The molecule has 0 amide bonds. The molecule has 4 heteroatoms. The molecule has 3 nitrogen and oxygen atoms in total. The van der Waals surface area contributed by atoms with Crippen LogP contribution in [0, 0.1) is 18.2 Å². The molecule has 0 saturated carbocycles. The summed E-state index contributed by atoms with van der Waals surface area (Å²) in [6.45, 7) is 1.91. The summed E-state index contributed by atoms with van der Waals surface area (Å²) in [5.74, 6) is 0. The smallest absolute Gasteiger partial charge is 0.358 e. The Morgan fingerprint density at radius 3 is 3.00 bits per heavy atom. The second-order valence-corrected chi connectivity index (χ2v) is 2.90. The Bertz CT molecular complexity index is 327. The topological polar surface area (TPSA) is 40.3 Å². The molecule has 0 saturated heterocycles. The van der Waals surface area contributed by atoms with E-state index in [4.69, 9.17) is 0 Å². The zero-order chi connectivity index (χ0) is 8.27. The molecule has 0 aliphatic heterocycles. The van der Waals surface area contributed by atoms with Crippen LogP contribution in [0.2, 0.25) is 0 Å². The lowest BCUT2D eigenvalue weighted by Crippen LogP contribution is -1.84. The van der Waals surface area contributed by atoms with Crippen LogP contribution in [0.1, 0.15) is 11.3 Å². The van der Waals surface area contributed by atoms with Gasteiger partial charge in [0.05, 0.1) is 4.47 Å². The number of hydrogen-bond acceptors (Lipinski definition) is 2. The van der Waals surface area contributed by atoms with Gasteiger partial charge in [0.15, 0.2) is 0 Å². The first-order chi connectivity index (χ1) is 5.24. The second-order valence-electron chi connectivity index (χ2n) is 2.05. The first-order valence-electron chi connectivity index (χ1n) is 2.94. The van der Waals surface area contributed by atoms with Crippen LogP contribution in [0.25, 0.3) is 5.01 Å². The van der Waals surface area contributed by atoms with Crippen molar-refractivity contribution in [3.05, 3.63) is 38.2 Å². The summed E-state index contributed by atoms with van der Waals surface area (Å²) in [5.41, 5.74) is 1.46. The maximum Gasteiger partial charge on any atom is 0.358 e. The molecule has 0 aromatic carbocycles. The normalized spacial score (nSPS) is 8.55. The van der Waals surface area contributed by atoms with Crippen molar-refractivity contribution in [2.24, 2.45) is 0 Å². The molecule has 0 fully saturated rings. The van der Waals surface area contributed by atoms with E-state index in [0.717, 1.165) is 10.0 Å². The summed E-state index contributed by atoms with van der Waals surface area (Å²) >= 11 is 3.22. The average Bonchev–Trinajstić information content (AvgIpc) is 1.95. The number of halogens is 1. The summed E-state index contributed by atoms with van der Waals surface area (Å²) in [7, 11) is 0. The monoisotopic (exact) mass is 212 g/mol. The van der Waals surface area contributed by atoms with E-state index in [0.29, 0.717) is 5.69 Å². The zero-order valence-corrected chi connectivity index (χ0v) is 7.42. The highest BCUT2D eigenvalue weighted by Crippen LogP contribution is 2.14. The SMILES string of the molecule is Cc1cnc(C#[N+][O-])c(Br)c1. The summed E-state index contributed by atoms with van der Waals surface area (Å²) in [5, 5.41) is 12.3. The molecule has 0 N–H and O–H groups in total. The summed E-state index contributed by atoms with van der Waals surface area (Å²) in [4.78, 5) is 3.92. The highest BCUT2D eigenvalue weighted by molar-refractivity contribution is 9.10. The van der Waals surface area contributed by atoms with E-state index in [-0.39, 0.29) is 0 Å². The first-order valence-corrected chi connectivity index (χ1v) is 3.74. The van der Waals surface area contributed by atoms with Gasteiger partial charge in [-0.15, -0.1) is 0 Å². The Hall–Kier alpha value is -1.08. The van der Waals surface area contributed by atoms with Crippen molar-refractivity contribution in [1.82, 2.24) is 4.98 Å². The van der Waals surface area contributed by atoms with Gasteiger partial charge in [-0.25, -0.2) is 4.98 Å². The summed E-state index contributed by atoms with van der Waals surface area (Å²) in [6, 6.07) is 4.06. The van der Waals surface area contributed by atoms with Crippen LogP contribution in [0.4, 0.5) is 0 Å². The maximum absolute atomic E-state index is 9.79. The van der Waals surface area contributed by atoms with Gasteiger partial charge >= 0.3 is 6.07 Å². The first kappa shape index (κ1) is 8.02. The third-order valence-electron chi connectivity index (χ3n) is 1.13. The van der Waals surface area contributed by atoms with Crippen molar-refractivity contribution in [2.75, 3.05) is 0 Å². The molecular weight excluding hydrogens is 208 g/mol. The number of pyridine rings is 1. The van der Waals surface area contributed by atoms with Crippen molar-refractivity contribution in [2.45, 2.75) is 6.92 Å². The van der Waals surface area contributed by atoms with Crippen LogP contribution in [-0.4, -0.2) is 4.98 Å². The Morgan fingerprint density at radius 2 is 2.45 bits per heavy atom. The molecule has 0 unspecified atom stereocenters. The van der Waals surface area contributed by atoms with Crippen LogP contribution in [0.3, 0.4) is 0 Å². The van der Waals surface area contributed by atoms with Crippen molar-refractivity contribution >= 4 is 15.9 Å². The van der Waals surface area contributed by atoms with Gasteiger partial charge in [0.1, 0.15) is 0 Å². The Kier molecular flexibility index (Phi) is 2.44. The lowest BCUT2D eigenvalue weighted by atomic mass is 10.3. The third-order valence-corrected chi connectivity index (χ3v) is 1.73. The molecule has 56 valence electrons. The van der Waals surface area contributed by atoms with Gasteiger partial charge < -0.3 is 5.21 Å². The fraction of sp³-hybridized carbons (Fsp3) is 0.143. The molecule has 1 aromatic rings. The van der Waals surface area contributed by atoms with E-state index in [1.165, 1.54) is 0 Å². The minimum Gasteiger partial charge on any atom is -0.498 e. The average molecular weight is 213 g/mol. The molecule has 0 spiro atoms. The number of hydrogen-bond donors (Lipinski definition) is 0. The van der Waals surface area contributed by atoms with E-state index < -0.39 is 0 Å². The van der Waals surface area contributed by atoms with Crippen LogP contribution in [-0.2, 0) is 0 Å². The third kappa shape index (κ3) is 1.92. The lowest BCUT2D eigenvalue weighted by molar-refractivity contribution is 1.22. The largest absolute Gasteiger partial charge is 0.498 e. The minimum absolute atomic E-state index is 0.436. The van der Waals surface area contributed by atoms with E-state index >= 15 is 0 Å². The fourth-order valence-electron chi connectivity index (χ4n) is 0.659. The standard InChI is InChI=1S/C7H5BrN2O/c1-5-2-6(8)7(4-10-11)9-3-5/h2-3H,1H3. The molecule has 11 heavy (non-hydrogen) atoms. The predicted molar refractivity (Wildman–Crippen MR) is 46.4 cm³/mol. The number of aryl methyl sites for hydroxylation is 1. The van der Waals surface area contributed by atoms with Gasteiger partial charge in [0, 0.05) is 11.2 Å². The molecule has 1 rings (SSSR count). The van der Waals surface area contributed by atoms with Gasteiger partial charge in [-0.1, -0.05) is 0 Å². The Labute approximate surface area is 72.6 Å². The second kappa shape index (κ2) is 3.35. The molecule has 0 aliphatic carbocycles. The molecule has 0 aliphatic rings. The summed E-state index contributed by atoms with van der Waals surface area (Å²) in [6.07, 6.45) is 1.65. The summed E-state index contributed by atoms with van der Waals surface area (Å²) < 4.78 is 0.733. The van der Waals surface area contributed by atoms with Crippen molar-refractivity contribution in [1.29, 1.82) is 0 Å². The number of nitrogens with zero attached hydrogens (tertiary/aromatic N) is 2. The molecular formula is C7H5BrN2O. The Morgan fingerprint density at radius 1 is 1.73 bits per heavy atom. The van der Waals surface area contributed by atoms with Gasteiger partial charge in [0.2, 0.25) is 5.69 Å². The molecule has 0 atom stereocenters. The highest BCUT2D eigenvalue weighted by Gasteiger charge is 2.02. The van der Waals surface area contributed by atoms with Gasteiger partial charge in [0.25, 0.3) is 0 Å². The van der Waals surface area contributed by atoms with Gasteiger partial charge in [-0.05, 0) is 34.5 Å². The highest BCUT2D eigenvalue weighted by atomic mass is 79.9. The van der Waals surface area contributed by atoms with Crippen molar-refractivity contribution < 1.29 is 0 Å². The van der Waals surface area contributed by atoms with E-state index in [1.54, 1.807) is 6.20 Å². The molecule has 1 aromatic heterocycles. The van der Waals surface area contributed by atoms with E-state index in [1.807, 2.05) is 13.0 Å². The van der Waals surface area contributed by atoms with Crippen LogP contribution >= 0.6 is 15.9 Å². The van der Waals surface area contributed by atoms with Crippen molar-refractivity contribution in [3.63, 3.8) is 0 Å². The molecule has 1 heterocycles. The number of rotatable bonds is 0. The van der Waals surface area contributed by atoms with Gasteiger partial charge in [-0.3, -0.25) is 0 Å². The quantitative estimate of drug-likeness (QED) is 0.620. The lowest BCUT2D eigenvalue weighted by Gasteiger charge is -1.91.